The fourth-order valence-corrected chi connectivity index (χ4v) is 8.69. The van der Waals surface area contributed by atoms with Gasteiger partial charge in [-0.15, -0.1) is 0 Å². The number of carbonyl (C=O) groups excluding carboxylic acids is 3. The number of nitrogens with two attached hydrogens (primary N) is 1. The lowest BCUT2D eigenvalue weighted by Crippen LogP contribution is -2.29. The van der Waals surface area contributed by atoms with Crippen molar-refractivity contribution in [3.63, 3.8) is 0 Å². The van der Waals surface area contributed by atoms with Gasteiger partial charge in [-0.1, -0.05) is 96.6 Å². The lowest BCUT2D eigenvalue weighted by atomic mass is 9.87. The number of unbranched alkanes of at least 4 members (excludes halogenated alkanes) is 12. The molecule has 62 heavy (non-hydrogen) atoms. The summed E-state index contributed by atoms with van der Waals surface area (Å²) in [6.07, 6.45) is 18.4. The van der Waals surface area contributed by atoms with Crippen molar-refractivity contribution in [2.45, 2.75) is 206 Å². The quantitative estimate of drug-likeness (QED) is 0.0183. The minimum absolute atomic E-state index is 0.00539. The number of hydrogen-bond acceptors (Lipinski definition) is 13. The Balaban J connectivity index is 1.69. The molecule has 0 saturated heterocycles. The Morgan fingerprint density at radius 2 is 1.34 bits per heavy atom. The fraction of sp³-hybridized carbons (Fsp3) is 0.809. The van der Waals surface area contributed by atoms with E-state index in [4.69, 9.17) is 28.7 Å². The van der Waals surface area contributed by atoms with Crippen LogP contribution in [0.4, 0.5) is 0 Å². The molecular weight excluding hydrogens is 817 g/mol. The van der Waals surface area contributed by atoms with Gasteiger partial charge in [0.1, 0.15) is 23.9 Å². The lowest BCUT2D eigenvalue weighted by Gasteiger charge is -2.20. The number of aliphatic hydroxyl groups excluding tert-OH is 3. The number of hydrogen-bond donors (Lipinski definition) is 5. The topological polar surface area (TPSA) is 225 Å². The lowest BCUT2D eigenvalue weighted by molar-refractivity contribution is -0.161. The molecule has 1 saturated carbocycles. The standard InChI is InChI=1S/C47H82NO13P/c1-5-7-15-21-37(49)27-28-40-41(43(52)32-42(40)51)31-38(50)22-19-20-25-46(53)57-33-39(34-59-62(55,56)58-30-29-48)60-47(54)26-18-14-12-10-9-11-13-17-24-45-36(4)35(3)44(61-45)23-16-8-6-2/h27-28,37,39-43,49,51-52H,5-26,29-34,48H2,1-4H3,(H,55,56)/b28-27+/t37-,39+,40+,41+,42+,43-/m0/s1. The van der Waals surface area contributed by atoms with Gasteiger partial charge >= 0.3 is 19.8 Å². The maximum absolute atomic E-state index is 12.8. The number of ketones is 1. The van der Waals surface area contributed by atoms with E-state index in [1.165, 1.54) is 30.4 Å². The minimum Gasteiger partial charge on any atom is -0.466 e. The molecule has 1 aromatic rings. The predicted octanol–water partition coefficient (Wildman–Crippen LogP) is 8.60. The second-order valence-corrected chi connectivity index (χ2v) is 18.6. The molecule has 0 radical (unpaired) electrons. The Hall–Kier alpha value is -2.42. The van der Waals surface area contributed by atoms with Crippen LogP contribution in [0.3, 0.4) is 0 Å². The molecule has 358 valence electrons. The molecule has 0 spiro atoms. The van der Waals surface area contributed by atoms with Gasteiger partial charge in [-0.2, -0.15) is 0 Å². The van der Waals surface area contributed by atoms with Gasteiger partial charge in [0.15, 0.2) is 6.10 Å². The Morgan fingerprint density at radius 1 is 0.774 bits per heavy atom. The summed E-state index contributed by atoms with van der Waals surface area (Å²) in [5.41, 5.74) is 7.96. The number of esters is 2. The first kappa shape index (κ1) is 55.7. The van der Waals surface area contributed by atoms with E-state index in [0.29, 0.717) is 25.7 Å². The third-order valence-corrected chi connectivity index (χ3v) is 12.8. The van der Waals surface area contributed by atoms with E-state index in [2.05, 4.69) is 27.7 Å². The van der Waals surface area contributed by atoms with Crippen LogP contribution in [-0.2, 0) is 50.3 Å². The third-order valence-electron chi connectivity index (χ3n) is 11.8. The summed E-state index contributed by atoms with van der Waals surface area (Å²) in [6.45, 7) is 7.47. The average Bonchev–Trinajstić information content (AvgIpc) is 3.66. The van der Waals surface area contributed by atoms with E-state index in [-0.39, 0.29) is 51.0 Å². The largest absolute Gasteiger partial charge is 0.472 e. The predicted molar refractivity (Wildman–Crippen MR) is 239 cm³/mol. The van der Waals surface area contributed by atoms with E-state index >= 15 is 0 Å². The number of rotatable bonds is 37. The molecule has 0 amide bonds. The number of phosphoric ester groups is 1. The van der Waals surface area contributed by atoms with Crippen LogP contribution in [-0.4, -0.2) is 88.7 Å². The Morgan fingerprint density at radius 3 is 1.98 bits per heavy atom. The number of aryl methyl sites for hydroxylation is 2. The summed E-state index contributed by atoms with van der Waals surface area (Å²) >= 11 is 0. The molecular formula is C47H82NO13P. The number of aliphatic hydroxyl groups is 3. The van der Waals surface area contributed by atoms with E-state index in [1.54, 1.807) is 12.2 Å². The van der Waals surface area contributed by atoms with Crippen molar-refractivity contribution in [1.29, 1.82) is 0 Å². The second-order valence-electron chi connectivity index (χ2n) is 17.2. The van der Waals surface area contributed by atoms with Crippen LogP contribution in [0.1, 0.15) is 178 Å². The molecule has 1 heterocycles. The average molecular weight is 900 g/mol. The Bertz CT molecular complexity index is 1480. The highest BCUT2D eigenvalue weighted by Crippen LogP contribution is 2.43. The van der Waals surface area contributed by atoms with Crippen LogP contribution < -0.4 is 5.73 Å². The maximum Gasteiger partial charge on any atom is 0.472 e. The van der Waals surface area contributed by atoms with E-state index < -0.39 is 69.2 Å². The molecule has 0 bridgehead atoms. The molecule has 7 atom stereocenters. The summed E-state index contributed by atoms with van der Waals surface area (Å²) in [5.74, 6) is 0.156. The molecule has 15 heteroatoms. The summed E-state index contributed by atoms with van der Waals surface area (Å²) in [5, 5.41) is 31.3. The van der Waals surface area contributed by atoms with Crippen molar-refractivity contribution in [2.75, 3.05) is 26.4 Å². The first-order valence-corrected chi connectivity index (χ1v) is 25.2. The zero-order valence-electron chi connectivity index (χ0n) is 38.4. The molecule has 2 rings (SSSR count). The zero-order chi connectivity index (χ0) is 45.8. The van der Waals surface area contributed by atoms with Crippen LogP contribution >= 0.6 is 7.82 Å². The smallest absolute Gasteiger partial charge is 0.466 e. The molecule has 6 N–H and O–H groups in total. The number of phosphoric acid groups is 1. The molecule has 1 fully saturated rings. The van der Waals surface area contributed by atoms with Crippen molar-refractivity contribution < 1.29 is 62.1 Å². The van der Waals surface area contributed by atoms with E-state index in [0.717, 1.165) is 88.6 Å². The molecule has 1 aliphatic carbocycles. The Labute approximate surface area is 371 Å². The van der Waals surface area contributed by atoms with Crippen LogP contribution in [0.15, 0.2) is 16.6 Å². The van der Waals surface area contributed by atoms with Crippen LogP contribution in [0, 0.1) is 25.7 Å². The second kappa shape index (κ2) is 32.3. The van der Waals surface area contributed by atoms with E-state index in [1.807, 2.05) is 0 Å². The summed E-state index contributed by atoms with van der Waals surface area (Å²) < 4.78 is 39.0. The highest BCUT2D eigenvalue weighted by Gasteiger charge is 2.41. The van der Waals surface area contributed by atoms with Crippen molar-refractivity contribution in [1.82, 2.24) is 0 Å². The maximum atomic E-state index is 12.8. The van der Waals surface area contributed by atoms with Gasteiger partial charge in [0.25, 0.3) is 0 Å². The van der Waals surface area contributed by atoms with Crippen LogP contribution in [0.2, 0.25) is 0 Å². The van der Waals surface area contributed by atoms with Crippen molar-refractivity contribution in [3.8, 4) is 0 Å². The highest BCUT2D eigenvalue weighted by atomic mass is 31.2. The number of furan rings is 1. The number of carbonyl (C=O) groups is 3. The third kappa shape index (κ3) is 23.5. The van der Waals surface area contributed by atoms with Gasteiger partial charge in [0.2, 0.25) is 0 Å². The fourth-order valence-electron chi connectivity index (χ4n) is 7.93. The summed E-state index contributed by atoms with van der Waals surface area (Å²) in [6, 6.07) is 0. The van der Waals surface area contributed by atoms with Gasteiger partial charge in [-0.25, -0.2) is 4.57 Å². The van der Waals surface area contributed by atoms with Crippen LogP contribution in [0.5, 0.6) is 0 Å². The molecule has 0 aromatic carbocycles. The first-order chi connectivity index (χ1) is 29.7. The minimum atomic E-state index is -4.48. The first-order valence-electron chi connectivity index (χ1n) is 23.7. The van der Waals surface area contributed by atoms with Crippen molar-refractivity contribution in [2.24, 2.45) is 17.6 Å². The highest BCUT2D eigenvalue weighted by molar-refractivity contribution is 7.47. The summed E-state index contributed by atoms with van der Waals surface area (Å²) in [4.78, 5) is 48.1. The van der Waals surface area contributed by atoms with Gasteiger partial charge in [-0.3, -0.25) is 23.4 Å². The monoisotopic (exact) mass is 900 g/mol. The molecule has 1 aliphatic rings. The summed E-state index contributed by atoms with van der Waals surface area (Å²) in [7, 11) is -4.48. The van der Waals surface area contributed by atoms with Crippen LogP contribution in [0.25, 0.3) is 0 Å². The van der Waals surface area contributed by atoms with Gasteiger partial charge < -0.3 is 39.8 Å². The Kier molecular flexibility index (Phi) is 29.0. The van der Waals surface area contributed by atoms with Gasteiger partial charge in [-0.05, 0) is 63.5 Å². The molecule has 14 nitrogen and oxygen atoms in total. The van der Waals surface area contributed by atoms with E-state index in [9.17, 15) is 39.2 Å². The van der Waals surface area contributed by atoms with Gasteiger partial charge in [0.05, 0.1) is 31.5 Å². The zero-order valence-corrected chi connectivity index (χ0v) is 39.3. The molecule has 0 aliphatic heterocycles. The SMILES string of the molecule is CCCCCc1oc(CCCCCCCCCCC(=O)O[C@H](COC(=O)CCCCC(=O)C[C@@H]2[C@@H](/C=C/[C@@H](O)CCCCC)[C@H](O)C[C@@H]2O)COP(=O)(O)OCCN)c(C)c1C. The van der Waals surface area contributed by atoms with Crippen molar-refractivity contribution >= 4 is 25.5 Å². The molecule has 1 unspecified atom stereocenters. The van der Waals surface area contributed by atoms with Gasteiger partial charge in [0, 0.05) is 63.3 Å². The molecule has 1 aromatic heterocycles. The van der Waals surface area contributed by atoms with Crippen molar-refractivity contribution in [3.05, 3.63) is 34.8 Å². The normalized spacial score (nSPS) is 19.8. The number of Topliss-reactive ketones (excluding diaryl/α,β-unsaturated/α-hetero) is 1. The number of ether oxygens (including phenoxy) is 2.